The molecule has 0 saturated carbocycles. The van der Waals surface area contributed by atoms with Crippen LogP contribution in [0.1, 0.15) is 36.5 Å². The van der Waals surface area contributed by atoms with Crippen LogP contribution in [-0.4, -0.2) is 65.9 Å². The van der Waals surface area contributed by atoms with Gasteiger partial charge in [0.05, 0.1) is 0 Å². The number of carbonyl (C=O) groups excluding carboxylic acids is 3. The lowest BCUT2D eigenvalue weighted by Crippen LogP contribution is -2.63. The number of benzene rings is 1. The van der Waals surface area contributed by atoms with Gasteiger partial charge in [0.2, 0.25) is 5.91 Å². The molecule has 1 aromatic rings. The zero-order chi connectivity index (χ0) is 18.3. The first-order chi connectivity index (χ1) is 12.5. The van der Waals surface area contributed by atoms with E-state index in [4.69, 9.17) is 0 Å². The number of piperidine rings is 1. The van der Waals surface area contributed by atoms with Gasteiger partial charge in [-0.1, -0.05) is 6.42 Å². The van der Waals surface area contributed by atoms with Crippen molar-refractivity contribution in [3.8, 4) is 0 Å². The molecule has 26 heavy (non-hydrogen) atoms. The molecule has 3 aliphatic rings. The van der Waals surface area contributed by atoms with Crippen molar-refractivity contribution in [2.45, 2.75) is 38.3 Å². The van der Waals surface area contributed by atoms with Crippen LogP contribution in [0.15, 0.2) is 24.3 Å². The van der Waals surface area contributed by atoms with Crippen LogP contribution in [0, 0.1) is 0 Å². The molecule has 138 valence electrons. The number of imide groups is 1. The second-order valence-electron chi connectivity index (χ2n) is 7.43. The van der Waals surface area contributed by atoms with Crippen molar-refractivity contribution in [3.05, 3.63) is 29.8 Å². The largest absolute Gasteiger partial charge is 0.335 e. The van der Waals surface area contributed by atoms with E-state index in [0.717, 1.165) is 19.6 Å². The molecule has 0 spiro atoms. The molecule has 7 nitrogen and oxygen atoms in total. The summed E-state index contributed by atoms with van der Waals surface area (Å²) in [6.07, 6.45) is 3.81. The van der Waals surface area contributed by atoms with E-state index in [9.17, 15) is 14.4 Å². The summed E-state index contributed by atoms with van der Waals surface area (Å²) in [6, 6.07) is 7.56. The zero-order valence-corrected chi connectivity index (χ0v) is 15.0. The predicted octanol–water partition coefficient (Wildman–Crippen LogP) is 1.44. The Morgan fingerprint density at radius 3 is 2.46 bits per heavy atom. The van der Waals surface area contributed by atoms with Crippen LogP contribution in [0.25, 0.3) is 0 Å². The van der Waals surface area contributed by atoms with Gasteiger partial charge in [-0.05, 0) is 50.6 Å². The first kappa shape index (κ1) is 17.0. The van der Waals surface area contributed by atoms with Crippen LogP contribution >= 0.6 is 0 Å². The Morgan fingerprint density at radius 1 is 1.12 bits per heavy atom. The summed E-state index contributed by atoms with van der Waals surface area (Å²) in [5.74, 6) is -0.284. The summed E-state index contributed by atoms with van der Waals surface area (Å²) in [4.78, 5) is 41.4. The fourth-order valence-electron chi connectivity index (χ4n) is 4.11. The number of nitrogens with zero attached hydrogens (tertiary/aromatic N) is 3. The molecule has 1 N–H and O–H groups in total. The highest BCUT2D eigenvalue weighted by molar-refractivity contribution is 6.12. The second-order valence-corrected chi connectivity index (χ2v) is 7.43. The average Bonchev–Trinajstić information content (AvgIpc) is 2.93. The molecule has 0 aromatic heterocycles. The summed E-state index contributed by atoms with van der Waals surface area (Å²) >= 11 is 0. The number of urea groups is 1. The Morgan fingerprint density at radius 2 is 1.85 bits per heavy atom. The van der Waals surface area contributed by atoms with Crippen LogP contribution < -0.4 is 10.2 Å². The van der Waals surface area contributed by atoms with Gasteiger partial charge >= 0.3 is 6.03 Å². The van der Waals surface area contributed by atoms with Gasteiger partial charge in [0, 0.05) is 36.4 Å². The van der Waals surface area contributed by atoms with Crippen LogP contribution in [0.4, 0.5) is 10.5 Å². The molecular weight excluding hydrogens is 332 g/mol. The quantitative estimate of drug-likeness (QED) is 0.832. The van der Waals surface area contributed by atoms with Crippen LogP contribution in [0.2, 0.25) is 0 Å². The summed E-state index contributed by atoms with van der Waals surface area (Å²) in [5.41, 5.74) is 1.23. The molecule has 0 radical (unpaired) electrons. The van der Waals surface area contributed by atoms with E-state index in [-0.39, 0.29) is 18.4 Å². The number of carbonyl (C=O) groups is 3. The number of amides is 4. The Bertz CT molecular complexity index is 727. The van der Waals surface area contributed by atoms with E-state index in [1.54, 1.807) is 24.3 Å². The summed E-state index contributed by atoms with van der Waals surface area (Å²) in [6.45, 7) is 5.01. The standard InChI is InChI=1S/C19H24N4O3/c1-13-4-2-3-9-22(13)16-10-21(11-16)18(25)14-5-7-15(8-6-14)23-12-17(24)20-19(23)26/h5-8,13,16H,2-4,9-12H2,1H3,(H,20,24,26)/t13-/m1/s1. The van der Waals surface area contributed by atoms with Gasteiger partial charge in [-0.2, -0.15) is 0 Å². The minimum absolute atomic E-state index is 0.0218. The summed E-state index contributed by atoms with van der Waals surface area (Å²) in [7, 11) is 0. The van der Waals surface area contributed by atoms with Gasteiger partial charge in [0.15, 0.2) is 0 Å². The fraction of sp³-hybridized carbons (Fsp3) is 0.526. The fourth-order valence-corrected chi connectivity index (χ4v) is 4.11. The lowest BCUT2D eigenvalue weighted by molar-refractivity contribution is -0.117. The molecule has 7 heteroatoms. The van der Waals surface area contributed by atoms with Crippen LogP contribution in [0.3, 0.4) is 0 Å². The highest BCUT2D eigenvalue weighted by Gasteiger charge is 2.37. The first-order valence-corrected chi connectivity index (χ1v) is 9.29. The normalized spacial score (nSPS) is 24.6. The Labute approximate surface area is 152 Å². The van der Waals surface area contributed by atoms with E-state index < -0.39 is 6.03 Å². The third-order valence-electron chi connectivity index (χ3n) is 5.69. The monoisotopic (exact) mass is 356 g/mol. The molecule has 3 saturated heterocycles. The third kappa shape index (κ3) is 3.07. The second kappa shape index (κ2) is 6.72. The maximum absolute atomic E-state index is 12.6. The molecule has 0 unspecified atom stereocenters. The average molecular weight is 356 g/mol. The van der Waals surface area contributed by atoms with Gasteiger partial charge in [0.1, 0.15) is 6.54 Å². The van der Waals surface area contributed by atoms with Gasteiger partial charge in [-0.3, -0.25) is 24.7 Å². The molecule has 3 aliphatic heterocycles. The topological polar surface area (TPSA) is 73.0 Å². The molecule has 0 aliphatic carbocycles. The van der Waals surface area contributed by atoms with E-state index in [2.05, 4.69) is 17.1 Å². The number of hydrogen-bond donors (Lipinski definition) is 1. The number of rotatable bonds is 3. The van der Waals surface area contributed by atoms with Gasteiger partial charge in [-0.15, -0.1) is 0 Å². The van der Waals surface area contributed by atoms with E-state index in [0.29, 0.717) is 23.3 Å². The van der Waals surface area contributed by atoms with Crippen molar-refractivity contribution in [2.75, 3.05) is 31.1 Å². The van der Waals surface area contributed by atoms with Crippen molar-refractivity contribution >= 4 is 23.5 Å². The summed E-state index contributed by atoms with van der Waals surface area (Å²) in [5, 5.41) is 2.25. The Hall–Kier alpha value is -2.41. The lowest BCUT2D eigenvalue weighted by Gasteiger charge is -2.49. The minimum atomic E-state index is -0.421. The number of nitrogens with one attached hydrogen (secondary N) is 1. The molecular formula is C19H24N4O3. The highest BCUT2D eigenvalue weighted by Crippen LogP contribution is 2.26. The third-order valence-corrected chi connectivity index (χ3v) is 5.69. The van der Waals surface area contributed by atoms with Crippen LogP contribution in [-0.2, 0) is 4.79 Å². The SMILES string of the molecule is C[C@@H]1CCCCN1C1CN(C(=O)c2ccc(N3CC(=O)NC3=O)cc2)C1. The number of likely N-dealkylation sites (tertiary alicyclic amines) is 2. The van der Waals surface area contributed by atoms with Crippen molar-refractivity contribution in [1.82, 2.24) is 15.1 Å². The van der Waals surface area contributed by atoms with Crippen LogP contribution in [0.5, 0.6) is 0 Å². The smallest absolute Gasteiger partial charge is 0.329 e. The molecule has 3 fully saturated rings. The van der Waals surface area contributed by atoms with Gasteiger partial charge < -0.3 is 4.90 Å². The molecule has 4 amide bonds. The molecule has 0 bridgehead atoms. The van der Waals surface area contributed by atoms with Crippen molar-refractivity contribution in [3.63, 3.8) is 0 Å². The van der Waals surface area contributed by atoms with Gasteiger partial charge in [0.25, 0.3) is 5.91 Å². The highest BCUT2D eigenvalue weighted by atomic mass is 16.2. The zero-order valence-electron chi connectivity index (χ0n) is 15.0. The van der Waals surface area contributed by atoms with E-state index in [1.165, 1.54) is 24.2 Å². The minimum Gasteiger partial charge on any atom is -0.335 e. The van der Waals surface area contributed by atoms with Crippen molar-refractivity contribution < 1.29 is 14.4 Å². The predicted molar refractivity (Wildman–Crippen MR) is 97.0 cm³/mol. The molecule has 3 heterocycles. The maximum atomic E-state index is 12.6. The Balaban J connectivity index is 1.36. The van der Waals surface area contributed by atoms with Crippen molar-refractivity contribution in [2.24, 2.45) is 0 Å². The first-order valence-electron chi connectivity index (χ1n) is 9.29. The maximum Gasteiger partial charge on any atom is 0.329 e. The number of anilines is 1. The molecule has 1 atom stereocenters. The van der Waals surface area contributed by atoms with E-state index in [1.807, 2.05) is 4.90 Å². The van der Waals surface area contributed by atoms with E-state index >= 15 is 0 Å². The molecule has 1 aromatic carbocycles. The molecule has 4 rings (SSSR count). The number of hydrogen-bond acceptors (Lipinski definition) is 4. The van der Waals surface area contributed by atoms with Gasteiger partial charge in [-0.25, -0.2) is 4.79 Å². The van der Waals surface area contributed by atoms with Crippen molar-refractivity contribution in [1.29, 1.82) is 0 Å². The lowest BCUT2D eigenvalue weighted by atomic mass is 9.97. The Kier molecular flexibility index (Phi) is 4.40. The summed E-state index contributed by atoms with van der Waals surface area (Å²) < 4.78 is 0.